The Kier molecular flexibility index (Phi) is 5.23. The zero-order chi connectivity index (χ0) is 23.6. The standard InChI is InChI=1S/C27H32ClN5O/c1-4-31-16-29-22-15-21(30-25(28)24(22)31)17-8-9-20-23(12-17)33(26(34)27(20,2)3)19-13-18(14-19)32-10-6-5-7-11-32/h8-9,12,15-16,18-19H,4-7,10-11,13-14H2,1-3H3/t18-,19+. The van der Waals surface area contributed by atoms with Crippen molar-refractivity contribution in [3.63, 3.8) is 0 Å². The predicted molar refractivity (Wildman–Crippen MR) is 136 cm³/mol. The number of aromatic nitrogens is 3. The number of anilines is 1. The van der Waals surface area contributed by atoms with Crippen molar-refractivity contribution in [3.05, 3.63) is 41.3 Å². The Morgan fingerprint density at radius 1 is 1.09 bits per heavy atom. The van der Waals surface area contributed by atoms with Gasteiger partial charge in [-0.1, -0.05) is 30.2 Å². The van der Waals surface area contributed by atoms with Gasteiger partial charge in [-0.05, 0) is 77.2 Å². The number of piperidine rings is 1. The fourth-order valence-corrected chi connectivity index (χ4v) is 6.39. The fraction of sp³-hybridized carbons (Fsp3) is 0.519. The number of imidazole rings is 1. The largest absolute Gasteiger partial charge is 0.328 e. The topological polar surface area (TPSA) is 54.3 Å². The molecular weight excluding hydrogens is 446 g/mol. The minimum Gasteiger partial charge on any atom is -0.328 e. The summed E-state index contributed by atoms with van der Waals surface area (Å²) in [6, 6.07) is 9.19. The average molecular weight is 478 g/mol. The van der Waals surface area contributed by atoms with Gasteiger partial charge in [0.05, 0.1) is 23.0 Å². The lowest BCUT2D eigenvalue weighted by Gasteiger charge is -2.48. The third-order valence-corrected chi connectivity index (χ3v) is 8.50. The van der Waals surface area contributed by atoms with Crippen LogP contribution in [-0.2, 0) is 16.8 Å². The molecule has 178 valence electrons. The van der Waals surface area contributed by atoms with Crippen molar-refractivity contribution in [1.82, 2.24) is 19.4 Å². The van der Waals surface area contributed by atoms with Crippen LogP contribution in [0.5, 0.6) is 0 Å². The summed E-state index contributed by atoms with van der Waals surface area (Å²) in [6.07, 6.45) is 7.90. The SMILES string of the molecule is CCn1cnc2cc(-c3ccc4c(c3)N([C@H]3C[C@@H](N5CCCCC5)C3)C(=O)C4(C)C)nc(Cl)c21. The molecule has 1 saturated carbocycles. The Morgan fingerprint density at radius 2 is 1.85 bits per heavy atom. The van der Waals surface area contributed by atoms with Crippen LogP contribution in [0.4, 0.5) is 5.69 Å². The molecule has 2 aliphatic heterocycles. The van der Waals surface area contributed by atoms with Gasteiger partial charge in [0, 0.05) is 29.9 Å². The molecule has 2 aromatic heterocycles. The van der Waals surface area contributed by atoms with Crippen molar-refractivity contribution >= 4 is 34.2 Å². The minimum atomic E-state index is -0.515. The van der Waals surface area contributed by atoms with E-state index in [1.165, 1.54) is 32.4 Å². The van der Waals surface area contributed by atoms with Gasteiger partial charge in [-0.2, -0.15) is 0 Å². The first kappa shape index (κ1) is 22.1. The van der Waals surface area contributed by atoms with E-state index in [-0.39, 0.29) is 11.9 Å². The van der Waals surface area contributed by atoms with Crippen molar-refractivity contribution in [2.75, 3.05) is 18.0 Å². The maximum atomic E-state index is 13.6. The number of fused-ring (bicyclic) bond motifs is 2. The Balaban J connectivity index is 1.34. The quantitative estimate of drug-likeness (QED) is 0.471. The molecular formula is C27H32ClN5O. The molecule has 1 aliphatic carbocycles. The van der Waals surface area contributed by atoms with Crippen molar-refractivity contribution < 1.29 is 4.79 Å². The number of carbonyl (C=O) groups is 1. The smallest absolute Gasteiger partial charge is 0.237 e. The van der Waals surface area contributed by atoms with E-state index in [2.05, 4.69) is 39.9 Å². The number of rotatable bonds is 4. The summed E-state index contributed by atoms with van der Waals surface area (Å²) in [7, 11) is 0. The molecule has 0 atom stereocenters. The van der Waals surface area contributed by atoms with Crippen LogP contribution in [0.1, 0.15) is 58.4 Å². The van der Waals surface area contributed by atoms with Crippen LogP contribution < -0.4 is 4.90 Å². The van der Waals surface area contributed by atoms with Gasteiger partial charge in [-0.25, -0.2) is 9.97 Å². The minimum absolute atomic E-state index is 0.213. The normalized spacial score (nSPS) is 24.5. The maximum Gasteiger partial charge on any atom is 0.237 e. The number of nitrogens with zero attached hydrogens (tertiary/aromatic N) is 5. The molecule has 0 unspecified atom stereocenters. The molecule has 2 fully saturated rings. The maximum absolute atomic E-state index is 13.6. The van der Waals surface area contributed by atoms with Crippen LogP contribution in [0.2, 0.25) is 5.15 Å². The lowest BCUT2D eigenvalue weighted by molar-refractivity contribution is -0.123. The van der Waals surface area contributed by atoms with E-state index >= 15 is 0 Å². The summed E-state index contributed by atoms with van der Waals surface area (Å²) in [5.74, 6) is 0.213. The molecule has 6 rings (SSSR count). The van der Waals surface area contributed by atoms with E-state index in [0.29, 0.717) is 11.2 Å². The number of aryl methyl sites for hydroxylation is 1. The summed E-state index contributed by atoms with van der Waals surface area (Å²) in [4.78, 5) is 27.5. The van der Waals surface area contributed by atoms with Crippen molar-refractivity contribution in [3.8, 4) is 11.3 Å². The van der Waals surface area contributed by atoms with Crippen molar-refractivity contribution in [2.45, 2.75) is 76.9 Å². The summed E-state index contributed by atoms with van der Waals surface area (Å²) >= 11 is 6.58. The number of pyridine rings is 1. The molecule has 3 aromatic rings. The average Bonchev–Trinajstić information content (AvgIpc) is 3.31. The van der Waals surface area contributed by atoms with Gasteiger partial charge < -0.3 is 14.4 Å². The van der Waals surface area contributed by atoms with Crippen molar-refractivity contribution in [1.29, 1.82) is 0 Å². The van der Waals surface area contributed by atoms with Gasteiger partial charge >= 0.3 is 0 Å². The van der Waals surface area contributed by atoms with E-state index in [4.69, 9.17) is 16.6 Å². The number of hydrogen-bond donors (Lipinski definition) is 0. The summed E-state index contributed by atoms with van der Waals surface area (Å²) < 4.78 is 2.01. The van der Waals surface area contributed by atoms with Crippen LogP contribution in [0.3, 0.4) is 0 Å². The van der Waals surface area contributed by atoms with E-state index in [1.54, 1.807) is 0 Å². The number of benzene rings is 1. The summed E-state index contributed by atoms with van der Waals surface area (Å²) in [5, 5.41) is 0.462. The Morgan fingerprint density at radius 3 is 2.59 bits per heavy atom. The summed E-state index contributed by atoms with van der Waals surface area (Å²) in [5.41, 5.74) is 5.09. The third-order valence-electron chi connectivity index (χ3n) is 8.23. The van der Waals surface area contributed by atoms with Gasteiger partial charge in [-0.15, -0.1) is 0 Å². The molecule has 0 radical (unpaired) electrons. The van der Waals surface area contributed by atoms with Crippen LogP contribution in [0.25, 0.3) is 22.3 Å². The molecule has 6 nitrogen and oxygen atoms in total. The first-order valence-electron chi connectivity index (χ1n) is 12.6. The molecule has 0 spiro atoms. The molecule has 1 amide bonds. The fourth-order valence-electron chi connectivity index (χ4n) is 6.09. The first-order chi connectivity index (χ1) is 16.4. The Labute approximate surface area is 205 Å². The molecule has 34 heavy (non-hydrogen) atoms. The number of likely N-dealkylation sites (tertiary alicyclic amines) is 1. The van der Waals surface area contributed by atoms with Gasteiger partial charge in [0.15, 0.2) is 5.15 Å². The predicted octanol–water partition coefficient (Wildman–Crippen LogP) is 5.41. The summed E-state index contributed by atoms with van der Waals surface area (Å²) in [6.45, 7) is 9.37. The highest BCUT2D eigenvalue weighted by atomic mass is 35.5. The molecule has 0 N–H and O–H groups in total. The molecule has 4 heterocycles. The number of carbonyl (C=O) groups excluding carboxylic acids is 1. The Bertz CT molecular complexity index is 1270. The zero-order valence-electron chi connectivity index (χ0n) is 20.2. The molecule has 7 heteroatoms. The van der Waals surface area contributed by atoms with Gasteiger partial charge in [0.2, 0.25) is 5.91 Å². The monoisotopic (exact) mass is 477 g/mol. The number of halogens is 1. The first-order valence-corrected chi connectivity index (χ1v) is 13.0. The van der Waals surface area contributed by atoms with Crippen LogP contribution in [-0.4, -0.2) is 50.5 Å². The second-order valence-electron chi connectivity index (χ2n) is 10.6. The number of hydrogen-bond acceptors (Lipinski definition) is 4. The Hall–Kier alpha value is -2.44. The van der Waals surface area contributed by atoms with Crippen LogP contribution in [0, 0.1) is 0 Å². The van der Waals surface area contributed by atoms with E-state index in [1.807, 2.05) is 30.8 Å². The molecule has 3 aliphatic rings. The highest BCUT2D eigenvalue weighted by Crippen LogP contribution is 2.47. The molecule has 1 aromatic carbocycles. The highest BCUT2D eigenvalue weighted by molar-refractivity contribution is 6.33. The lowest BCUT2D eigenvalue weighted by atomic mass is 9.82. The van der Waals surface area contributed by atoms with Gasteiger partial charge in [0.1, 0.15) is 5.52 Å². The third kappa shape index (κ3) is 3.29. The van der Waals surface area contributed by atoms with E-state index < -0.39 is 5.41 Å². The molecule has 1 saturated heterocycles. The lowest BCUT2D eigenvalue weighted by Crippen LogP contribution is -2.57. The molecule has 0 bridgehead atoms. The van der Waals surface area contributed by atoms with Gasteiger partial charge in [-0.3, -0.25) is 4.79 Å². The second kappa shape index (κ2) is 8.06. The second-order valence-corrected chi connectivity index (χ2v) is 11.0. The van der Waals surface area contributed by atoms with Crippen LogP contribution in [0.15, 0.2) is 30.6 Å². The van der Waals surface area contributed by atoms with Gasteiger partial charge in [0.25, 0.3) is 0 Å². The number of amides is 1. The van der Waals surface area contributed by atoms with E-state index in [0.717, 1.165) is 52.9 Å². The van der Waals surface area contributed by atoms with Crippen molar-refractivity contribution in [2.24, 2.45) is 0 Å². The zero-order valence-corrected chi connectivity index (χ0v) is 21.0. The highest BCUT2D eigenvalue weighted by Gasteiger charge is 2.50. The van der Waals surface area contributed by atoms with E-state index in [9.17, 15) is 4.79 Å². The van der Waals surface area contributed by atoms with Crippen LogP contribution >= 0.6 is 11.6 Å².